The van der Waals surface area contributed by atoms with E-state index in [0.29, 0.717) is 24.0 Å². The maximum Gasteiger partial charge on any atom is 0.248 e. The molecule has 0 aliphatic heterocycles. The molecule has 19 heavy (non-hydrogen) atoms. The largest absolute Gasteiger partial charge is 0.370 e. The van der Waals surface area contributed by atoms with Gasteiger partial charge in [-0.1, -0.05) is 26.0 Å². The highest BCUT2D eigenvalue weighted by Crippen LogP contribution is 2.05. The van der Waals surface area contributed by atoms with Crippen LogP contribution in [0.1, 0.15) is 29.8 Å². The van der Waals surface area contributed by atoms with Crippen LogP contribution in [0.25, 0.3) is 0 Å². The number of nitrogens with zero attached hydrogens (tertiary/aromatic N) is 1. The number of amides is 1. The van der Waals surface area contributed by atoms with Gasteiger partial charge in [-0.15, -0.1) is 24.0 Å². The summed E-state index contributed by atoms with van der Waals surface area (Å²) in [6, 6.07) is 7.06. The van der Waals surface area contributed by atoms with Crippen LogP contribution in [-0.2, 0) is 6.54 Å². The Kier molecular flexibility index (Phi) is 8.13. The third-order valence-electron chi connectivity index (χ3n) is 2.33. The Morgan fingerprint density at radius 3 is 2.63 bits per heavy atom. The van der Waals surface area contributed by atoms with Crippen LogP contribution in [0.4, 0.5) is 0 Å². The summed E-state index contributed by atoms with van der Waals surface area (Å²) in [5, 5.41) is 3.03. The van der Waals surface area contributed by atoms with Gasteiger partial charge in [0.2, 0.25) is 5.91 Å². The summed E-state index contributed by atoms with van der Waals surface area (Å²) < 4.78 is 0. The molecule has 1 aromatic rings. The van der Waals surface area contributed by atoms with E-state index in [4.69, 9.17) is 11.5 Å². The number of guanidine groups is 1. The molecule has 0 radical (unpaired) electrons. The van der Waals surface area contributed by atoms with Gasteiger partial charge in [0.15, 0.2) is 5.96 Å². The van der Waals surface area contributed by atoms with Crippen LogP contribution >= 0.6 is 24.0 Å². The van der Waals surface area contributed by atoms with Crippen LogP contribution in [0.3, 0.4) is 0 Å². The van der Waals surface area contributed by atoms with E-state index in [9.17, 15) is 4.79 Å². The Labute approximate surface area is 130 Å². The van der Waals surface area contributed by atoms with Crippen LogP contribution in [0.5, 0.6) is 0 Å². The van der Waals surface area contributed by atoms with E-state index in [1.54, 1.807) is 18.2 Å². The Balaban J connectivity index is 0.00000324. The van der Waals surface area contributed by atoms with Crippen molar-refractivity contribution in [1.29, 1.82) is 0 Å². The highest BCUT2D eigenvalue weighted by atomic mass is 127. The van der Waals surface area contributed by atoms with Crippen molar-refractivity contribution in [1.82, 2.24) is 5.32 Å². The fourth-order valence-corrected chi connectivity index (χ4v) is 1.36. The van der Waals surface area contributed by atoms with Crippen molar-refractivity contribution in [3.8, 4) is 0 Å². The summed E-state index contributed by atoms with van der Waals surface area (Å²) in [6.07, 6.45) is 0. The Morgan fingerprint density at radius 2 is 2.05 bits per heavy atom. The minimum absolute atomic E-state index is 0. The fourth-order valence-electron chi connectivity index (χ4n) is 1.36. The molecular weight excluding hydrogens is 355 g/mol. The summed E-state index contributed by atoms with van der Waals surface area (Å²) >= 11 is 0. The molecular formula is C13H21IN4O. The number of carbonyl (C=O) groups is 1. The lowest BCUT2D eigenvalue weighted by molar-refractivity contribution is 0.1000. The van der Waals surface area contributed by atoms with Crippen LogP contribution in [0.15, 0.2) is 29.3 Å². The van der Waals surface area contributed by atoms with Gasteiger partial charge >= 0.3 is 0 Å². The molecule has 0 saturated heterocycles. The van der Waals surface area contributed by atoms with Crippen molar-refractivity contribution >= 4 is 35.8 Å². The van der Waals surface area contributed by atoms with Gasteiger partial charge in [-0.2, -0.15) is 0 Å². The van der Waals surface area contributed by atoms with Crippen LogP contribution in [0.2, 0.25) is 0 Å². The maximum atomic E-state index is 11.0. The maximum absolute atomic E-state index is 11.0. The second-order valence-corrected chi connectivity index (χ2v) is 4.54. The Hall–Kier alpha value is -1.31. The number of primary amides is 1. The van der Waals surface area contributed by atoms with E-state index in [-0.39, 0.29) is 24.0 Å². The summed E-state index contributed by atoms with van der Waals surface area (Å²) in [4.78, 5) is 15.2. The molecule has 5 nitrogen and oxygen atoms in total. The SMILES string of the molecule is CC(C)CNC(N)=NCc1cccc(C(N)=O)c1.I. The summed E-state index contributed by atoms with van der Waals surface area (Å²) in [6.45, 7) is 5.40. The molecule has 0 aliphatic carbocycles. The van der Waals surface area contributed by atoms with Crippen molar-refractivity contribution in [2.45, 2.75) is 20.4 Å². The molecule has 0 fully saturated rings. The van der Waals surface area contributed by atoms with Crippen molar-refractivity contribution in [3.63, 3.8) is 0 Å². The van der Waals surface area contributed by atoms with Gasteiger partial charge in [0.1, 0.15) is 0 Å². The van der Waals surface area contributed by atoms with E-state index >= 15 is 0 Å². The number of hydrogen-bond acceptors (Lipinski definition) is 2. The van der Waals surface area contributed by atoms with Crippen molar-refractivity contribution in [2.75, 3.05) is 6.54 Å². The third kappa shape index (κ3) is 7.00. The average Bonchev–Trinajstić information content (AvgIpc) is 2.34. The second-order valence-electron chi connectivity index (χ2n) is 4.54. The average molecular weight is 376 g/mol. The number of rotatable bonds is 5. The second kappa shape index (κ2) is 8.73. The predicted octanol–water partition coefficient (Wildman–Crippen LogP) is 1.46. The molecule has 1 amide bonds. The van der Waals surface area contributed by atoms with Gasteiger partial charge in [-0.3, -0.25) is 4.79 Å². The van der Waals surface area contributed by atoms with Crippen LogP contribution in [0, 0.1) is 5.92 Å². The minimum Gasteiger partial charge on any atom is -0.370 e. The van der Waals surface area contributed by atoms with Gasteiger partial charge in [-0.05, 0) is 23.6 Å². The number of nitrogens with one attached hydrogen (secondary N) is 1. The van der Waals surface area contributed by atoms with Crippen molar-refractivity contribution in [3.05, 3.63) is 35.4 Å². The van der Waals surface area contributed by atoms with Crippen molar-refractivity contribution in [2.24, 2.45) is 22.4 Å². The van der Waals surface area contributed by atoms with Gasteiger partial charge in [0.25, 0.3) is 0 Å². The first-order valence-electron chi connectivity index (χ1n) is 5.91. The van der Waals surface area contributed by atoms with E-state index in [2.05, 4.69) is 24.2 Å². The molecule has 0 aliphatic rings. The van der Waals surface area contributed by atoms with Gasteiger partial charge in [-0.25, -0.2) is 4.99 Å². The molecule has 0 aromatic heterocycles. The van der Waals surface area contributed by atoms with E-state index < -0.39 is 5.91 Å². The quantitative estimate of drug-likeness (QED) is 0.413. The number of halogens is 1. The molecule has 106 valence electrons. The normalized spacial score (nSPS) is 11.0. The molecule has 0 spiro atoms. The van der Waals surface area contributed by atoms with Gasteiger partial charge < -0.3 is 16.8 Å². The lowest BCUT2D eigenvalue weighted by Crippen LogP contribution is -2.34. The number of hydrogen-bond donors (Lipinski definition) is 3. The highest BCUT2D eigenvalue weighted by molar-refractivity contribution is 14.0. The molecule has 0 bridgehead atoms. The molecule has 6 heteroatoms. The standard InChI is InChI=1S/C13H20N4O.HI/c1-9(2)7-16-13(15)17-8-10-4-3-5-11(6-10)12(14)18;/h3-6,9H,7-8H2,1-2H3,(H2,14,18)(H3,15,16,17);1H. The topological polar surface area (TPSA) is 93.5 Å². The number of nitrogens with two attached hydrogens (primary N) is 2. The van der Waals surface area contributed by atoms with E-state index in [1.807, 2.05) is 6.07 Å². The highest BCUT2D eigenvalue weighted by Gasteiger charge is 2.01. The molecule has 0 atom stereocenters. The first kappa shape index (κ1) is 17.7. The zero-order valence-corrected chi connectivity index (χ0v) is 13.5. The summed E-state index contributed by atoms with van der Waals surface area (Å²) in [5.74, 6) is 0.483. The first-order chi connectivity index (χ1) is 8.49. The number of carbonyl (C=O) groups excluding carboxylic acids is 1. The summed E-state index contributed by atoms with van der Waals surface area (Å²) in [5.41, 5.74) is 12.3. The predicted molar refractivity (Wildman–Crippen MR) is 88.5 cm³/mol. The fraction of sp³-hybridized carbons (Fsp3) is 0.385. The summed E-state index contributed by atoms with van der Waals surface area (Å²) in [7, 11) is 0. The smallest absolute Gasteiger partial charge is 0.248 e. The minimum atomic E-state index is -0.438. The molecule has 0 saturated carbocycles. The zero-order valence-electron chi connectivity index (χ0n) is 11.2. The van der Waals surface area contributed by atoms with E-state index in [0.717, 1.165) is 12.1 Å². The van der Waals surface area contributed by atoms with Crippen LogP contribution in [-0.4, -0.2) is 18.4 Å². The van der Waals surface area contributed by atoms with Gasteiger partial charge in [0.05, 0.1) is 6.54 Å². The van der Waals surface area contributed by atoms with Crippen molar-refractivity contribution < 1.29 is 4.79 Å². The number of benzene rings is 1. The first-order valence-corrected chi connectivity index (χ1v) is 5.91. The van der Waals surface area contributed by atoms with E-state index in [1.165, 1.54) is 0 Å². The molecule has 1 rings (SSSR count). The number of aliphatic imine (C=N–C) groups is 1. The molecule has 5 N–H and O–H groups in total. The Morgan fingerprint density at radius 1 is 1.37 bits per heavy atom. The van der Waals surface area contributed by atoms with Gasteiger partial charge in [0, 0.05) is 12.1 Å². The molecule has 1 aromatic carbocycles. The Bertz CT molecular complexity index is 446. The molecule has 0 heterocycles. The third-order valence-corrected chi connectivity index (χ3v) is 2.33. The molecule has 0 unspecified atom stereocenters. The lowest BCUT2D eigenvalue weighted by Gasteiger charge is -2.08. The monoisotopic (exact) mass is 376 g/mol. The zero-order chi connectivity index (χ0) is 13.5. The van der Waals surface area contributed by atoms with Crippen LogP contribution < -0.4 is 16.8 Å². The lowest BCUT2D eigenvalue weighted by atomic mass is 10.1.